The van der Waals surface area contributed by atoms with Crippen LogP contribution >= 0.6 is 7.60 Å². The van der Waals surface area contributed by atoms with E-state index in [1.807, 2.05) is 6.92 Å². The van der Waals surface area contributed by atoms with Gasteiger partial charge in [-0.15, -0.1) is 0 Å². The van der Waals surface area contributed by atoms with Crippen LogP contribution < -0.4 is 0 Å². The van der Waals surface area contributed by atoms with Crippen LogP contribution in [0.25, 0.3) is 0 Å². The lowest BCUT2D eigenvalue weighted by Crippen LogP contribution is -1.88. The molecule has 0 bridgehead atoms. The zero-order valence-electron chi connectivity index (χ0n) is 7.16. The third-order valence-corrected chi connectivity index (χ3v) is 3.11. The Morgan fingerprint density at radius 3 is 1.82 bits per heavy atom. The lowest BCUT2D eigenvalue weighted by atomic mass is 10.2. The summed E-state index contributed by atoms with van der Waals surface area (Å²) in [5.41, 5.74) is 0.806. The standard InChI is InChI=1S/C7H15O3P/c1-4-6(3)7(5-2)11(8,9)10/h4-5H2,1-3H3,(H2,8,9,10). The van der Waals surface area contributed by atoms with Crippen molar-refractivity contribution in [3.8, 4) is 0 Å². The van der Waals surface area contributed by atoms with Crippen molar-refractivity contribution in [2.24, 2.45) is 0 Å². The first-order chi connectivity index (χ1) is 4.93. The molecule has 3 nitrogen and oxygen atoms in total. The Morgan fingerprint density at radius 2 is 1.73 bits per heavy atom. The fourth-order valence-corrected chi connectivity index (χ4v) is 2.03. The third-order valence-electron chi connectivity index (χ3n) is 1.71. The van der Waals surface area contributed by atoms with E-state index in [0.717, 1.165) is 5.57 Å². The molecule has 0 unspecified atom stereocenters. The van der Waals surface area contributed by atoms with E-state index in [1.54, 1.807) is 13.8 Å². The molecule has 0 aromatic carbocycles. The SMILES string of the molecule is CCC(C)=C(CC)P(=O)(O)O. The molecule has 0 aromatic heterocycles. The average Bonchev–Trinajstić information content (AvgIpc) is 1.86. The Morgan fingerprint density at radius 1 is 1.27 bits per heavy atom. The van der Waals surface area contributed by atoms with Crippen LogP contribution in [0, 0.1) is 0 Å². The van der Waals surface area contributed by atoms with Gasteiger partial charge in [0.05, 0.1) is 0 Å². The summed E-state index contributed by atoms with van der Waals surface area (Å²) in [4.78, 5) is 17.7. The molecule has 0 spiro atoms. The molecule has 0 fully saturated rings. The quantitative estimate of drug-likeness (QED) is 0.651. The van der Waals surface area contributed by atoms with Gasteiger partial charge in [0.1, 0.15) is 0 Å². The molecule has 0 aromatic rings. The third kappa shape index (κ3) is 3.19. The molecule has 0 rings (SSSR count). The predicted molar refractivity (Wildman–Crippen MR) is 45.3 cm³/mol. The molecule has 0 atom stereocenters. The van der Waals surface area contributed by atoms with Crippen molar-refractivity contribution in [1.29, 1.82) is 0 Å². The summed E-state index contributed by atoms with van der Waals surface area (Å²) in [5, 5.41) is 0.292. The van der Waals surface area contributed by atoms with Gasteiger partial charge in [0.2, 0.25) is 0 Å². The molecule has 0 heterocycles. The van der Waals surface area contributed by atoms with Crippen LogP contribution in [0.4, 0.5) is 0 Å². The minimum absolute atomic E-state index is 0.292. The van der Waals surface area contributed by atoms with Gasteiger partial charge in [0.25, 0.3) is 0 Å². The maximum absolute atomic E-state index is 10.8. The van der Waals surface area contributed by atoms with E-state index in [9.17, 15) is 4.57 Å². The lowest BCUT2D eigenvalue weighted by molar-refractivity contribution is 0.380. The van der Waals surface area contributed by atoms with E-state index in [2.05, 4.69) is 0 Å². The summed E-state index contributed by atoms with van der Waals surface area (Å²) in [5.74, 6) is 0. The van der Waals surface area contributed by atoms with Crippen molar-refractivity contribution in [2.45, 2.75) is 33.6 Å². The van der Waals surface area contributed by atoms with Gasteiger partial charge in [-0.1, -0.05) is 19.4 Å². The summed E-state index contributed by atoms with van der Waals surface area (Å²) < 4.78 is 10.8. The molecule has 0 aliphatic rings. The van der Waals surface area contributed by atoms with E-state index >= 15 is 0 Å². The van der Waals surface area contributed by atoms with E-state index in [-0.39, 0.29) is 0 Å². The summed E-state index contributed by atoms with van der Waals surface area (Å²) in [7, 11) is -3.97. The summed E-state index contributed by atoms with van der Waals surface area (Å²) >= 11 is 0. The maximum atomic E-state index is 10.8. The monoisotopic (exact) mass is 178 g/mol. The highest BCUT2D eigenvalue weighted by molar-refractivity contribution is 7.56. The van der Waals surface area contributed by atoms with Gasteiger partial charge < -0.3 is 9.79 Å². The highest BCUT2D eigenvalue weighted by atomic mass is 31.2. The van der Waals surface area contributed by atoms with Crippen LogP contribution in [0.2, 0.25) is 0 Å². The molecule has 0 saturated carbocycles. The lowest BCUT2D eigenvalue weighted by Gasteiger charge is -2.09. The van der Waals surface area contributed by atoms with Gasteiger partial charge >= 0.3 is 7.60 Å². The Labute approximate surface area is 67.3 Å². The minimum Gasteiger partial charge on any atom is -0.321 e. The number of hydrogen-bond acceptors (Lipinski definition) is 1. The summed E-state index contributed by atoms with van der Waals surface area (Å²) in [6.45, 7) is 5.41. The normalized spacial score (nSPS) is 14.6. The van der Waals surface area contributed by atoms with Crippen LogP contribution in [0.15, 0.2) is 10.9 Å². The zero-order valence-corrected chi connectivity index (χ0v) is 8.06. The van der Waals surface area contributed by atoms with Crippen LogP contribution in [-0.4, -0.2) is 9.79 Å². The molecule has 11 heavy (non-hydrogen) atoms. The Hall–Kier alpha value is -0.110. The average molecular weight is 178 g/mol. The van der Waals surface area contributed by atoms with E-state index in [0.29, 0.717) is 18.2 Å². The van der Waals surface area contributed by atoms with Gasteiger partial charge in [-0.3, -0.25) is 4.57 Å². The van der Waals surface area contributed by atoms with Gasteiger partial charge in [-0.05, 0) is 19.8 Å². The van der Waals surface area contributed by atoms with E-state index in [1.165, 1.54) is 0 Å². The second-order valence-corrected chi connectivity index (χ2v) is 4.11. The van der Waals surface area contributed by atoms with Gasteiger partial charge in [-0.25, -0.2) is 0 Å². The predicted octanol–water partition coefficient (Wildman–Crippen LogP) is 2.26. The number of hydrogen-bond donors (Lipinski definition) is 2. The first-order valence-corrected chi connectivity index (χ1v) is 5.29. The fourth-order valence-electron chi connectivity index (χ4n) is 0.960. The smallest absolute Gasteiger partial charge is 0.321 e. The molecular weight excluding hydrogens is 163 g/mol. The van der Waals surface area contributed by atoms with Crippen molar-refractivity contribution in [1.82, 2.24) is 0 Å². The highest BCUT2D eigenvalue weighted by Crippen LogP contribution is 2.48. The second kappa shape index (κ2) is 4.05. The molecule has 4 heteroatoms. The Bertz CT molecular complexity index is 202. The first-order valence-electron chi connectivity index (χ1n) is 3.68. The van der Waals surface area contributed by atoms with Crippen LogP contribution in [0.1, 0.15) is 33.6 Å². The summed E-state index contributed by atoms with van der Waals surface area (Å²) in [6, 6.07) is 0. The topological polar surface area (TPSA) is 57.5 Å². The molecule has 0 radical (unpaired) electrons. The minimum atomic E-state index is -3.97. The van der Waals surface area contributed by atoms with Gasteiger partial charge in [0, 0.05) is 5.31 Å². The summed E-state index contributed by atoms with van der Waals surface area (Å²) in [6.07, 6.45) is 1.14. The van der Waals surface area contributed by atoms with Crippen LogP contribution in [0.5, 0.6) is 0 Å². The Kier molecular flexibility index (Phi) is 4.01. The van der Waals surface area contributed by atoms with Crippen molar-refractivity contribution < 1.29 is 14.4 Å². The fraction of sp³-hybridized carbons (Fsp3) is 0.714. The zero-order chi connectivity index (χ0) is 9.07. The maximum Gasteiger partial charge on any atom is 0.352 e. The van der Waals surface area contributed by atoms with Crippen molar-refractivity contribution >= 4 is 7.60 Å². The number of allylic oxidation sites excluding steroid dienone is 2. The van der Waals surface area contributed by atoms with Crippen LogP contribution in [0.3, 0.4) is 0 Å². The van der Waals surface area contributed by atoms with Gasteiger partial charge in [0.15, 0.2) is 0 Å². The van der Waals surface area contributed by atoms with Crippen LogP contribution in [-0.2, 0) is 4.57 Å². The highest BCUT2D eigenvalue weighted by Gasteiger charge is 2.20. The molecule has 0 amide bonds. The molecule has 0 saturated heterocycles. The molecule has 0 aliphatic heterocycles. The second-order valence-electron chi connectivity index (χ2n) is 2.48. The van der Waals surface area contributed by atoms with Gasteiger partial charge in [-0.2, -0.15) is 0 Å². The van der Waals surface area contributed by atoms with Crippen molar-refractivity contribution in [2.75, 3.05) is 0 Å². The molecule has 66 valence electrons. The Balaban J connectivity index is 4.82. The number of rotatable bonds is 3. The van der Waals surface area contributed by atoms with E-state index in [4.69, 9.17) is 9.79 Å². The largest absolute Gasteiger partial charge is 0.352 e. The van der Waals surface area contributed by atoms with Crippen molar-refractivity contribution in [3.05, 3.63) is 10.9 Å². The molecule has 0 aliphatic carbocycles. The molecular formula is C7H15O3P. The van der Waals surface area contributed by atoms with Crippen molar-refractivity contribution in [3.63, 3.8) is 0 Å². The molecule has 2 N–H and O–H groups in total. The first kappa shape index (κ1) is 10.9. The van der Waals surface area contributed by atoms with E-state index < -0.39 is 7.60 Å².